The van der Waals surface area contributed by atoms with E-state index in [1.807, 2.05) is 6.92 Å². The second-order valence-electron chi connectivity index (χ2n) is 3.64. The zero-order valence-corrected chi connectivity index (χ0v) is 11.1. The molecule has 0 aliphatic carbocycles. The Morgan fingerprint density at radius 2 is 1.94 bits per heavy atom. The first-order valence-corrected chi connectivity index (χ1v) is 6.20. The van der Waals surface area contributed by atoms with Crippen LogP contribution in [0.25, 0.3) is 0 Å². The molecule has 0 amide bonds. The van der Waals surface area contributed by atoms with E-state index in [1.165, 1.54) is 7.11 Å². The van der Waals surface area contributed by atoms with Crippen molar-refractivity contribution >= 4 is 14.4 Å². The molecule has 5 heteroatoms. The van der Waals surface area contributed by atoms with Gasteiger partial charge >= 0.3 is 14.4 Å². The molecule has 1 rings (SSSR count). The van der Waals surface area contributed by atoms with Crippen LogP contribution in [-0.4, -0.2) is 19.7 Å². The Hall–Kier alpha value is -1.25. The zero-order chi connectivity index (χ0) is 12.9. The maximum Gasteiger partial charge on any atom is 0.364 e. The highest BCUT2D eigenvalue weighted by molar-refractivity contribution is 7.25. The summed E-state index contributed by atoms with van der Waals surface area (Å²) in [5.74, 6) is -0.390. The highest BCUT2D eigenvalue weighted by Gasteiger charge is 2.36. The Kier molecular flexibility index (Phi) is 4.79. The van der Waals surface area contributed by atoms with Gasteiger partial charge in [-0.2, -0.15) is 0 Å². The van der Waals surface area contributed by atoms with E-state index >= 15 is 0 Å². The molecule has 0 aromatic heterocycles. The summed E-state index contributed by atoms with van der Waals surface area (Å²) < 4.78 is 21.3. The number of benzene rings is 1. The Labute approximate surface area is 102 Å². The molecule has 0 heterocycles. The van der Waals surface area contributed by atoms with E-state index in [1.54, 1.807) is 31.2 Å². The number of hydrogen-bond donors (Lipinski definition) is 0. The van der Waals surface area contributed by atoms with Gasteiger partial charge < -0.3 is 9.47 Å². The maximum atomic E-state index is 11.3. The molecule has 92 valence electrons. The summed E-state index contributed by atoms with van der Waals surface area (Å²) in [6.45, 7) is 4.08. The monoisotopic (exact) mass is 255 g/mol. The fourth-order valence-corrected chi connectivity index (χ4v) is 1.99. The molecular weight excluding hydrogens is 239 g/mol. The van der Waals surface area contributed by atoms with Gasteiger partial charge in [0.25, 0.3) is 5.34 Å². The summed E-state index contributed by atoms with van der Waals surface area (Å²) in [6.07, 6.45) is 0. The summed E-state index contributed by atoms with van der Waals surface area (Å²) >= 11 is 0. The first kappa shape index (κ1) is 13.8. The van der Waals surface area contributed by atoms with E-state index < -0.39 is 13.8 Å². The maximum absolute atomic E-state index is 11.3. The van der Waals surface area contributed by atoms with Crippen LogP contribution < -0.4 is 0 Å². The smallest absolute Gasteiger partial charge is 0.364 e. The highest BCUT2D eigenvalue weighted by Crippen LogP contribution is 2.35. The summed E-state index contributed by atoms with van der Waals surface area (Å²) in [5, 5.41) is -0.816. The number of ether oxygens (including phenoxy) is 2. The summed E-state index contributed by atoms with van der Waals surface area (Å²) in [6, 6.07) is 6.73. The van der Waals surface area contributed by atoms with Gasteiger partial charge in [-0.25, -0.2) is 4.79 Å². The van der Waals surface area contributed by atoms with E-state index in [-0.39, 0.29) is 5.97 Å². The van der Waals surface area contributed by atoms with Crippen molar-refractivity contribution in [2.75, 3.05) is 13.7 Å². The molecule has 0 bridgehead atoms. The zero-order valence-electron chi connectivity index (χ0n) is 10.1. The molecule has 2 atom stereocenters. The minimum atomic E-state index is -0.816. The van der Waals surface area contributed by atoms with Crippen LogP contribution in [0, 0.1) is 0 Å². The van der Waals surface area contributed by atoms with Gasteiger partial charge in [0.05, 0.1) is 12.7 Å². The van der Waals surface area contributed by atoms with Crippen LogP contribution in [0.5, 0.6) is 0 Å². The fraction of sp³-hybridized carbons (Fsp3) is 0.417. The molecule has 4 nitrogen and oxygen atoms in total. The molecule has 1 aromatic rings. The molecule has 0 N–H and O–H groups in total. The first-order valence-electron chi connectivity index (χ1n) is 5.29. The van der Waals surface area contributed by atoms with Crippen molar-refractivity contribution in [2.24, 2.45) is 0 Å². The lowest BCUT2D eigenvalue weighted by Crippen LogP contribution is -2.18. The van der Waals surface area contributed by atoms with Gasteiger partial charge in [0, 0.05) is 19.1 Å². The van der Waals surface area contributed by atoms with Crippen LogP contribution in [-0.2, 0) is 19.4 Å². The minimum Gasteiger partial charge on any atom is -0.465 e. The third-order valence-corrected chi connectivity index (χ3v) is 3.31. The fourth-order valence-electron chi connectivity index (χ4n) is 1.50. The van der Waals surface area contributed by atoms with Gasteiger partial charge in [0.1, 0.15) is 0 Å². The number of esters is 1. The summed E-state index contributed by atoms with van der Waals surface area (Å²) in [7, 11) is 0.722. The molecule has 0 radical (unpaired) electrons. The van der Waals surface area contributed by atoms with Gasteiger partial charge in [0.2, 0.25) is 0 Å². The molecule has 17 heavy (non-hydrogen) atoms. The van der Waals surface area contributed by atoms with Crippen LogP contribution >= 0.6 is 8.46 Å². The molecule has 0 aliphatic rings. The van der Waals surface area contributed by atoms with E-state index in [4.69, 9.17) is 4.74 Å². The molecular formula is C12H16O4P+. The van der Waals surface area contributed by atoms with Crippen molar-refractivity contribution < 1.29 is 18.8 Å². The lowest BCUT2D eigenvalue weighted by molar-refractivity contribution is 0.0411. The number of methoxy groups -OCH3 is 1. The second kappa shape index (κ2) is 5.89. The SMILES string of the molecule is CCOC(C)([PH+]=O)c1ccc(C(=O)OC)cc1. The van der Waals surface area contributed by atoms with Crippen LogP contribution in [0.3, 0.4) is 0 Å². The van der Waals surface area contributed by atoms with Crippen molar-refractivity contribution in [3.63, 3.8) is 0 Å². The molecule has 0 saturated carbocycles. The predicted molar refractivity (Wildman–Crippen MR) is 65.8 cm³/mol. The lowest BCUT2D eigenvalue weighted by Gasteiger charge is -2.16. The Morgan fingerprint density at radius 1 is 1.35 bits per heavy atom. The number of hydrogen-bond acceptors (Lipinski definition) is 4. The van der Waals surface area contributed by atoms with Crippen LogP contribution in [0.15, 0.2) is 24.3 Å². The van der Waals surface area contributed by atoms with Gasteiger partial charge in [-0.15, -0.1) is 0 Å². The largest absolute Gasteiger partial charge is 0.465 e. The number of carbonyl (C=O) groups is 1. The molecule has 0 saturated heterocycles. The normalized spacial score (nSPS) is 14.3. The summed E-state index contributed by atoms with van der Waals surface area (Å²) in [5.41, 5.74) is 1.24. The van der Waals surface area contributed by atoms with E-state index in [2.05, 4.69) is 4.74 Å². The molecule has 0 fully saturated rings. The van der Waals surface area contributed by atoms with Crippen molar-refractivity contribution in [1.29, 1.82) is 0 Å². The van der Waals surface area contributed by atoms with E-state index in [9.17, 15) is 9.36 Å². The highest BCUT2D eigenvalue weighted by atomic mass is 31.1. The first-order chi connectivity index (χ1) is 8.07. The van der Waals surface area contributed by atoms with Crippen molar-refractivity contribution in [3.8, 4) is 0 Å². The minimum absolute atomic E-state index is 0.390. The summed E-state index contributed by atoms with van der Waals surface area (Å²) in [4.78, 5) is 11.3. The topological polar surface area (TPSA) is 52.6 Å². The van der Waals surface area contributed by atoms with Gasteiger partial charge in [0.15, 0.2) is 0 Å². The quantitative estimate of drug-likeness (QED) is 0.599. The van der Waals surface area contributed by atoms with Crippen LogP contribution in [0.2, 0.25) is 0 Å². The Bertz CT molecular complexity index is 401. The van der Waals surface area contributed by atoms with E-state index in [0.29, 0.717) is 12.2 Å². The molecule has 2 unspecified atom stereocenters. The van der Waals surface area contributed by atoms with Gasteiger partial charge in [-0.3, -0.25) is 0 Å². The second-order valence-corrected chi connectivity index (χ2v) is 4.80. The van der Waals surface area contributed by atoms with Crippen molar-refractivity contribution in [3.05, 3.63) is 35.4 Å². The van der Waals surface area contributed by atoms with Crippen molar-refractivity contribution in [2.45, 2.75) is 19.2 Å². The molecule has 0 spiro atoms. The third kappa shape index (κ3) is 3.11. The van der Waals surface area contributed by atoms with Crippen LogP contribution in [0.4, 0.5) is 0 Å². The average molecular weight is 255 g/mol. The van der Waals surface area contributed by atoms with Crippen LogP contribution in [0.1, 0.15) is 29.8 Å². The number of carbonyl (C=O) groups excluding carboxylic acids is 1. The molecule has 0 aliphatic heterocycles. The third-order valence-electron chi connectivity index (χ3n) is 2.48. The van der Waals surface area contributed by atoms with Crippen molar-refractivity contribution in [1.82, 2.24) is 0 Å². The average Bonchev–Trinajstić information content (AvgIpc) is 2.38. The van der Waals surface area contributed by atoms with Gasteiger partial charge in [-0.1, -0.05) is 16.7 Å². The standard InChI is InChI=1S/C12H15O4P/c1-4-16-12(2,17-14)10-7-5-9(6-8-10)11(13)15-3/h5-8H,4H2,1-3H3/p+1. The number of rotatable bonds is 5. The molecule has 1 aromatic carbocycles. The van der Waals surface area contributed by atoms with Gasteiger partial charge in [-0.05, 0) is 19.1 Å². The lowest BCUT2D eigenvalue weighted by atomic mass is 10.1. The predicted octanol–water partition coefficient (Wildman–Crippen LogP) is 2.71. The van der Waals surface area contributed by atoms with E-state index in [0.717, 1.165) is 5.56 Å². The Balaban J connectivity index is 3.00. The Morgan fingerprint density at radius 3 is 2.35 bits per heavy atom.